The van der Waals surface area contributed by atoms with Gasteiger partial charge >= 0.3 is 0 Å². The zero-order valence-corrected chi connectivity index (χ0v) is 12.4. The molecular formula is C17H13NO3S. The van der Waals surface area contributed by atoms with Gasteiger partial charge < -0.3 is 10.5 Å². The van der Waals surface area contributed by atoms with Crippen molar-refractivity contribution in [3.63, 3.8) is 0 Å². The van der Waals surface area contributed by atoms with Crippen molar-refractivity contribution in [1.82, 2.24) is 0 Å². The number of rotatable bonds is 5. The Bertz CT molecular complexity index is 839. The molecule has 2 N–H and O–H groups in total. The van der Waals surface area contributed by atoms with Crippen LogP contribution < -0.4 is 10.5 Å². The molecule has 0 fully saturated rings. The van der Waals surface area contributed by atoms with Gasteiger partial charge in [-0.1, -0.05) is 42.5 Å². The summed E-state index contributed by atoms with van der Waals surface area (Å²) in [6.45, 7) is -0.254. The van der Waals surface area contributed by atoms with Gasteiger partial charge in [0, 0.05) is 15.6 Å². The Hall–Kier alpha value is -2.66. The van der Waals surface area contributed by atoms with E-state index in [4.69, 9.17) is 10.5 Å². The summed E-state index contributed by atoms with van der Waals surface area (Å²) in [5.41, 5.74) is 5.73. The van der Waals surface area contributed by atoms with Crippen LogP contribution >= 0.6 is 11.3 Å². The number of amides is 1. The second-order valence-corrected chi connectivity index (χ2v) is 5.76. The highest BCUT2D eigenvalue weighted by Gasteiger charge is 2.21. The maximum absolute atomic E-state index is 12.7. The number of primary amides is 1. The summed E-state index contributed by atoms with van der Waals surface area (Å²) >= 11 is 1.35. The molecule has 2 aromatic carbocycles. The summed E-state index contributed by atoms with van der Waals surface area (Å²) in [6.07, 6.45) is 0. The normalized spacial score (nSPS) is 10.5. The maximum Gasteiger partial charge on any atom is 0.255 e. The molecule has 22 heavy (non-hydrogen) atoms. The number of fused-ring (bicyclic) bond motifs is 1. The average molecular weight is 311 g/mol. The Labute approximate surface area is 131 Å². The number of ketones is 1. The van der Waals surface area contributed by atoms with Gasteiger partial charge in [0.25, 0.3) is 5.91 Å². The predicted octanol–water partition coefficient (Wildman–Crippen LogP) is 3.00. The fraction of sp³-hybridized carbons (Fsp3) is 0.0588. The minimum Gasteiger partial charge on any atom is -0.481 e. The molecule has 0 radical (unpaired) electrons. The van der Waals surface area contributed by atoms with E-state index < -0.39 is 5.91 Å². The third kappa shape index (κ3) is 2.71. The standard InChI is InChI=1S/C17H13NO3S/c18-14(19)10-21-16-12-8-4-5-9-13(12)22-17(16)15(20)11-6-2-1-3-7-11/h1-9H,10H2,(H2,18,19). The van der Waals surface area contributed by atoms with Crippen molar-refractivity contribution >= 4 is 33.1 Å². The van der Waals surface area contributed by atoms with Crippen LogP contribution in [0.3, 0.4) is 0 Å². The van der Waals surface area contributed by atoms with Gasteiger partial charge in [0.2, 0.25) is 5.78 Å². The SMILES string of the molecule is NC(=O)COc1c(C(=O)c2ccccc2)sc2ccccc12. The molecule has 0 atom stereocenters. The van der Waals surface area contributed by atoms with Crippen LogP contribution in [0.4, 0.5) is 0 Å². The zero-order chi connectivity index (χ0) is 15.5. The molecule has 0 spiro atoms. The Morgan fingerprint density at radius 2 is 1.68 bits per heavy atom. The molecule has 1 amide bonds. The third-order valence-electron chi connectivity index (χ3n) is 3.15. The van der Waals surface area contributed by atoms with Crippen molar-refractivity contribution in [2.45, 2.75) is 0 Å². The summed E-state index contributed by atoms with van der Waals surface area (Å²) < 4.78 is 6.44. The summed E-state index contributed by atoms with van der Waals surface area (Å²) in [6, 6.07) is 16.5. The molecule has 0 aliphatic carbocycles. The molecule has 0 aliphatic heterocycles. The molecule has 0 saturated heterocycles. The lowest BCUT2D eigenvalue weighted by atomic mass is 10.1. The molecule has 0 bridgehead atoms. The molecule has 110 valence electrons. The molecule has 1 aromatic heterocycles. The van der Waals surface area contributed by atoms with Crippen LogP contribution in [0.5, 0.6) is 5.75 Å². The van der Waals surface area contributed by atoms with E-state index in [1.165, 1.54) is 11.3 Å². The van der Waals surface area contributed by atoms with Crippen molar-refractivity contribution in [3.05, 3.63) is 65.0 Å². The van der Waals surface area contributed by atoms with E-state index in [1.807, 2.05) is 42.5 Å². The first-order valence-corrected chi connectivity index (χ1v) is 7.51. The van der Waals surface area contributed by atoms with Gasteiger partial charge in [-0.2, -0.15) is 0 Å². The Kier molecular flexibility index (Phi) is 3.89. The van der Waals surface area contributed by atoms with Crippen molar-refractivity contribution in [2.75, 3.05) is 6.61 Å². The number of thiophene rings is 1. The highest BCUT2D eigenvalue weighted by molar-refractivity contribution is 7.21. The molecular weight excluding hydrogens is 298 g/mol. The van der Waals surface area contributed by atoms with Gasteiger partial charge in [0.1, 0.15) is 10.6 Å². The first kappa shape index (κ1) is 14.3. The van der Waals surface area contributed by atoms with Crippen LogP contribution in [0.2, 0.25) is 0 Å². The van der Waals surface area contributed by atoms with Crippen LogP contribution in [0.15, 0.2) is 54.6 Å². The molecule has 3 rings (SSSR count). The number of carbonyl (C=O) groups excluding carboxylic acids is 2. The Morgan fingerprint density at radius 1 is 1.00 bits per heavy atom. The largest absolute Gasteiger partial charge is 0.481 e. The number of ether oxygens (including phenoxy) is 1. The first-order chi connectivity index (χ1) is 10.7. The minimum atomic E-state index is -0.576. The summed E-state index contributed by atoms with van der Waals surface area (Å²) in [4.78, 5) is 24.2. The van der Waals surface area contributed by atoms with Gasteiger partial charge in [-0.3, -0.25) is 9.59 Å². The van der Waals surface area contributed by atoms with Crippen LogP contribution in [0.1, 0.15) is 15.2 Å². The number of hydrogen-bond acceptors (Lipinski definition) is 4. The predicted molar refractivity (Wildman–Crippen MR) is 86.4 cm³/mol. The van der Waals surface area contributed by atoms with Crippen molar-refractivity contribution in [3.8, 4) is 5.75 Å². The highest BCUT2D eigenvalue weighted by atomic mass is 32.1. The van der Waals surface area contributed by atoms with E-state index in [1.54, 1.807) is 12.1 Å². The molecule has 5 heteroatoms. The van der Waals surface area contributed by atoms with Crippen molar-refractivity contribution in [2.24, 2.45) is 5.73 Å². The van der Waals surface area contributed by atoms with Gasteiger partial charge in [-0.25, -0.2) is 0 Å². The third-order valence-corrected chi connectivity index (χ3v) is 4.30. The van der Waals surface area contributed by atoms with E-state index in [0.29, 0.717) is 16.2 Å². The molecule has 0 aliphatic rings. The van der Waals surface area contributed by atoms with E-state index in [0.717, 1.165) is 10.1 Å². The van der Waals surface area contributed by atoms with E-state index in [-0.39, 0.29) is 12.4 Å². The highest BCUT2D eigenvalue weighted by Crippen LogP contribution is 2.38. The van der Waals surface area contributed by atoms with Gasteiger partial charge in [-0.15, -0.1) is 11.3 Å². The summed E-state index contributed by atoms with van der Waals surface area (Å²) in [5, 5.41) is 0.813. The fourth-order valence-electron chi connectivity index (χ4n) is 2.18. The summed E-state index contributed by atoms with van der Waals surface area (Å²) in [7, 11) is 0. The lowest BCUT2D eigenvalue weighted by molar-refractivity contribution is -0.119. The lowest BCUT2D eigenvalue weighted by Gasteiger charge is -2.05. The first-order valence-electron chi connectivity index (χ1n) is 6.69. The lowest BCUT2D eigenvalue weighted by Crippen LogP contribution is -2.20. The Morgan fingerprint density at radius 3 is 2.41 bits per heavy atom. The average Bonchev–Trinajstić information content (AvgIpc) is 2.91. The smallest absolute Gasteiger partial charge is 0.255 e. The van der Waals surface area contributed by atoms with Crippen LogP contribution in [0.25, 0.3) is 10.1 Å². The fourth-order valence-corrected chi connectivity index (χ4v) is 3.29. The van der Waals surface area contributed by atoms with Gasteiger partial charge in [0.05, 0.1) is 0 Å². The van der Waals surface area contributed by atoms with Crippen molar-refractivity contribution in [1.29, 1.82) is 0 Å². The Balaban J connectivity index is 2.09. The second-order valence-electron chi connectivity index (χ2n) is 4.71. The monoisotopic (exact) mass is 311 g/mol. The van der Waals surface area contributed by atoms with Crippen LogP contribution in [-0.2, 0) is 4.79 Å². The van der Waals surface area contributed by atoms with E-state index in [9.17, 15) is 9.59 Å². The molecule has 3 aromatic rings. The number of hydrogen-bond donors (Lipinski definition) is 1. The van der Waals surface area contributed by atoms with Crippen LogP contribution in [-0.4, -0.2) is 18.3 Å². The molecule has 4 nitrogen and oxygen atoms in total. The topological polar surface area (TPSA) is 69.4 Å². The number of nitrogens with two attached hydrogens (primary N) is 1. The summed E-state index contributed by atoms with van der Waals surface area (Å²) in [5.74, 6) is -0.275. The number of benzene rings is 2. The van der Waals surface area contributed by atoms with E-state index in [2.05, 4.69) is 0 Å². The molecule has 0 unspecified atom stereocenters. The van der Waals surface area contributed by atoms with E-state index >= 15 is 0 Å². The minimum absolute atomic E-state index is 0.124. The maximum atomic E-state index is 12.7. The molecule has 0 saturated carbocycles. The van der Waals surface area contributed by atoms with Gasteiger partial charge in [-0.05, 0) is 12.1 Å². The van der Waals surface area contributed by atoms with Crippen LogP contribution in [0, 0.1) is 0 Å². The zero-order valence-electron chi connectivity index (χ0n) is 11.6. The molecule has 1 heterocycles. The quantitative estimate of drug-likeness (QED) is 0.736. The number of carbonyl (C=O) groups is 2. The second kappa shape index (κ2) is 5.99. The van der Waals surface area contributed by atoms with Gasteiger partial charge in [0.15, 0.2) is 6.61 Å². The van der Waals surface area contributed by atoms with Crippen molar-refractivity contribution < 1.29 is 14.3 Å².